The molecule has 0 radical (unpaired) electrons. The van der Waals surface area contributed by atoms with Crippen LogP contribution < -0.4 is 0 Å². The topological polar surface area (TPSA) is 52.1 Å². The van der Waals surface area contributed by atoms with Gasteiger partial charge in [0.1, 0.15) is 5.76 Å². The zero-order valence-electron chi connectivity index (χ0n) is 14.4. The lowest BCUT2D eigenvalue weighted by molar-refractivity contribution is 0.388. The normalized spacial score (nSPS) is 10.7. The summed E-state index contributed by atoms with van der Waals surface area (Å²) in [5.41, 5.74) is 3.11. The molecule has 2 aromatic heterocycles. The smallest absolute Gasteiger partial charge is 0.167 e. The number of hydrogen-bond donors (Lipinski definition) is 0. The van der Waals surface area contributed by atoms with Crippen molar-refractivity contribution in [1.82, 2.24) is 10.3 Å². The van der Waals surface area contributed by atoms with Gasteiger partial charge in [0.2, 0.25) is 0 Å². The molecule has 4 nitrogen and oxygen atoms in total. The van der Waals surface area contributed by atoms with Crippen LogP contribution in [0.5, 0.6) is 0 Å². The number of aromatic nitrogens is 2. The third-order valence-corrected chi connectivity index (χ3v) is 3.42. The van der Waals surface area contributed by atoms with E-state index in [-0.39, 0.29) is 0 Å². The predicted octanol–water partition coefficient (Wildman–Crippen LogP) is 5.57. The fourth-order valence-corrected chi connectivity index (χ4v) is 1.96. The summed E-state index contributed by atoms with van der Waals surface area (Å²) >= 11 is 0. The van der Waals surface area contributed by atoms with E-state index in [0.717, 1.165) is 28.5 Å². The van der Waals surface area contributed by atoms with Crippen molar-refractivity contribution in [2.75, 3.05) is 0 Å². The molecule has 0 atom stereocenters. The molecular formula is C19H24N2O2. The van der Waals surface area contributed by atoms with Gasteiger partial charge in [0.25, 0.3) is 0 Å². The van der Waals surface area contributed by atoms with Crippen molar-refractivity contribution < 1.29 is 9.05 Å². The van der Waals surface area contributed by atoms with Crippen molar-refractivity contribution in [3.8, 4) is 11.3 Å². The van der Waals surface area contributed by atoms with Crippen molar-refractivity contribution in [1.29, 1.82) is 0 Å². The third kappa shape index (κ3) is 4.81. The number of nitrogens with zero attached hydrogens (tertiary/aromatic N) is 2. The first-order chi connectivity index (χ1) is 11.0. The van der Waals surface area contributed by atoms with E-state index in [0.29, 0.717) is 11.8 Å². The van der Waals surface area contributed by atoms with Gasteiger partial charge in [-0.15, -0.1) is 0 Å². The highest BCUT2D eigenvalue weighted by Gasteiger charge is 2.08. The molecule has 0 amide bonds. The Morgan fingerprint density at radius 1 is 0.783 bits per heavy atom. The first kappa shape index (κ1) is 17.0. The van der Waals surface area contributed by atoms with E-state index in [1.807, 2.05) is 49.4 Å². The third-order valence-electron chi connectivity index (χ3n) is 3.42. The van der Waals surface area contributed by atoms with Gasteiger partial charge in [0, 0.05) is 17.7 Å². The van der Waals surface area contributed by atoms with Crippen LogP contribution in [0.15, 0.2) is 51.5 Å². The van der Waals surface area contributed by atoms with Gasteiger partial charge in [0.15, 0.2) is 5.76 Å². The summed E-state index contributed by atoms with van der Waals surface area (Å²) in [5, 5.41) is 7.86. The fourth-order valence-electron chi connectivity index (χ4n) is 1.96. The highest BCUT2D eigenvalue weighted by atomic mass is 16.5. The van der Waals surface area contributed by atoms with Crippen molar-refractivity contribution in [2.45, 2.75) is 46.5 Å². The minimum atomic E-state index is 0.413. The molecule has 0 fully saturated rings. The van der Waals surface area contributed by atoms with Crippen molar-refractivity contribution in [3.05, 3.63) is 59.6 Å². The zero-order chi connectivity index (χ0) is 16.8. The van der Waals surface area contributed by atoms with Crippen LogP contribution in [0.3, 0.4) is 0 Å². The molecule has 0 aliphatic heterocycles. The van der Waals surface area contributed by atoms with Crippen LogP contribution >= 0.6 is 0 Å². The van der Waals surface area contributed by atoms with Gasteiger partial charge < -0.3 is 9.05 Å². The summed E-state index contributed by atoms with van der Waals surface area (Å²) in [6.07, 6.45) is 0. The molecular weight excluding hydrogens is 288 g/mol. The molecule has 122 valence electrons. The van der Waals surface area contributed by atoms with E-state index in [4.69, 9.17) is 9.05 Å². The largest absolute Gasteiger partial charge is 0.361 e. The molecule has 0 N–H and O–H groups in total. The van der Waals surface area contributed by atoms with Crippen LogP contribution in [0.2, 0.25) is 0 Å². The molecule has 4 heteroatoms. The molecule has 0 saturated carbocycles. The quantitative estimate of drug-likeness (QED) is 0.634. The average Bonchev–Trinajstić information content (AvgIpc) is 3.18. The summed E-state index contributed by atoms with van der Waals surface area (Å²) in [6.45, 7) is 10.3. The standard InChI is InChI=1S/C12H13NO.C7H11NO/c1-9(2)11-8-12(14-13-11)10-6-4-3-5-7-10;1-5(2)7-4-6(3)9-8-7/h3-9H,1-2H3;4-5H,1-3H3. The van der Waals surface area contributed by atoms with Gasteiger partial charge in [-0.05, 0) is 18.8 Å². The van der Waals surface area contributed by atoms with Gasteiger partial charge in [0.05, 0.1) is 11.4 Å². The lowest BCUT2D eigenvalue weighted by atomic mass is 10.1. The second-order valence-electron chi connectivity index (χ2n) is 6.15. The summed E-state index contributed by atoms with van der Waals surface area (Å²) in [5.74, 6) is 2.62. The second-order valence-corrected chi connectivity index (χ2v) is 6.15. The number of hydrogen-bond acceptors (Lipinski definition) is 4. The van der Waals surface area contributed by atoms with Crippen LogP contribution in [0.4, 0.5) is 0 Å². The Morgan fingerprint density at radius 3 is 1.78 bits per heavy atom. The molecule has 0 spiro atoms. The molecule has 0 aliphatic carbocycles. The Hall–Kier alpha value is -2.36. The molecule has 0 aliphatic rings. The van der Waals surface area contributed by atoms with E-state index in [1.165, 1.54) is 0 Å². The van der Waals surface area contributed by atoms with E-state index >= 15 is 0 Å². The summed E-state index contributed by atoms with van der Waals surface area (Å²) in [4.78, 5) is 0. The molecule has 1 aromatic carbocycles. The van der Waals surface area contributed by atoms with E-state index in [2.05, 4.69) is 38.0 Å². The highest BCUT2D eigenvalue weighted by Crippen LogP contribution is 2.23. The van der Waals surface area contributed by atoms with E-state index < -0.39 is 0 Å². The lowest BCUT2D eigenvalue weighted by Crippen LogP contribution is -1.84. The Balaban J connectivity index is 0.000000185. The average molecular weight is 312 g/mol. The van der Waals surface area contributed by atoms with Crippen LogP contribution in [0, 0.1) is 6.92 Å². The molecule has 23 heavy (non-hydrogen) atoms. The first-order valence-corrected chi connectivity index (χ1v) is 7.92. The van der Waals surface area contributed by atoms with Gasteiger partial charge in [-0.3, -0.25) is 0 Å². The van der Waals surface area contributed by atoms with Gasteiger partial charge in [-0.25, -0.2) is 0 Å². The van der Waals surface area contributed by atoms with Crippen LogP contribution in [0.1, 0.15) is 56.7 Å². The van der Waals surface area contributed by atoms with E-state index in [9.17, 15) is 0 Å². The number of benzene rings is 1. The Labute approximate surface area is 137 Å². The summed E-state index contributed by atoms with van der Waals surface area (Å²) in [7, 11) is 0. The molecule has 0 unspecified atom stereocenters. The number of aryl methyl sites for hydroxylation is 1. The minimum Gasteiger partial charge on any atom is -0.361 e. The van der Waals surface area contributed by atoms with Crippen LogP contribution in [0.25, 0.3) is 11.3 Å². The predicted molar refractivity (Wildman–Crippen MR) is 91.4 cm³/mol. The highest BCUT2D eigenvalue weighted by molar-refractivity contribution is 5.57. The van der Waals surface area contributed by atoms with Crippen LogP contribution in [-0.4, -0.2) is 10.3 Å². The van der Waals surface area contributed by atoms with Crippen molar-refractivity contribution >= 4 is 0 Å². The van der Waals surface area contributed by atoms with Crippen molar-refractivity contribution in [2.24, 2.45) is 0 Å². The molecule has 0 saturated heterocycles. The first-order valence-electron chi connectivity index (χ1n) is 7.92. The van der Waals surface area contributed by atoms with Crippen LogP contribution in [-0.2, 0) is 0 Å². The molecule has 2 heterocycles. The summed E-state index contributed by atoms with van der Waals surface area (Å²) < 4.78 is 10.1. The Kier molecular flexibility index (Phi) is 5.74. The maximum absolute atomic E-state index is 5.26. The zero-order valence-corrected chi connectivity index (χ0v) is 14.4. The molecule has 0 bridgehead atoms. The summed E-state index contributed by atoms with van der Waals surface area (Å²) in [6, 6.07) is 14.0. The Morgan fingerprint density at radius 2 is 1.35 bits per heavy atom. The maximum atomic E-state index is 5.26. The molecule has 3 aromatic rings. The lowest BCUT2D eigenvalue weighted by Gasteiger charge is -1.94. The SMILES string of the molecule is CC(C)c1cc(-c2ccccc2)on1.Cc1cc(C(C)C)no1. The van der Waals surface area contributed by atoms with Gasteiger partial charge in [-0.1, -0.05) is 68.3 Å². The number of rotatable bonds is 3. The maximum Gasteiger partial charge on any atom is 0.167 e. The Bertz CT molecular complexity index is 712. The van der Waals surface area contributed by atoms with Gasteiger partial charge >= 0.3 is 0 Å². The fraction of sp³-hybridized carbons (Fsp3) is 0.368. The monoisotopic (exact) mass is 312 g/mol. The second kappa shape index (κ2) is 7.77. The molecule has 3 rings (SSSR count). The van der Waals surface area contributed by atoms with Gasteiger partial charge in [-0.2, -0.15) is 0 Å². The van der Waals surface area contributed by atoms with E-state index in [1.54, 1.807) is 0 Å². The van der Waals surface area contributed by atoms with Crippen molar-refractivity contribution in [3.63, 3.8) is 0 Å². The minimum absolute atomic E-state index is 0.413.